The normalized spacial score (nSPS) is 18.9. The van der Waals surface area contributed by atoms with Crippen LogP contribution in [0.25, 0.3) is 22.3 Å². The van der Waals surface area contributed by atoms with Crippen LogP contribution >= 0.6 is 0 Å². The van der Waals surface area contributed by atoms with Gasteiger partial charge >= 0.3 is 18.2 Å². The Bertz CT molecular complexity index is 1450. The fourth-order valence-corrected chi connectivity index (χ4v) is 5.37. The molecule has 10 heteroatoms. The van der Waals surface area contributed by atoms with Gasteiger partial charge in [0.25, 0.3) is 0 Å². The number of benzene rings is 3. The third kappa shape index (κ3) is 4.33. The monoisotopic (exact) mass is 529 g/mol. The summed E-state index contributed by atoms with van der Waals surface area (Å²) in [5.41, 5.74) is 1.19. The second-order valence-corrected chi connectivity index (χ2v) is 9.40. The smallest absolute Gasteiger partial charge is 0.416 e. The van der Waals surface area contributed by atoms with E-state index in [1.807, 2.05) is 0 Å². The highest BCUT2D eigenvalue weighted by molar-refractivity contribution is 5.89. The molecule has 1 amide bonds. The van der Waals surface area contributed by atoms with Crippen LogP contribution < -0.4 is 4.74 Å². The van der Waals surface area contributed by atoms with Crippen LogP contribution in [0.1, 0.15) is 45.9 Å². The van der Waals surface area contributed by atoms with Gasteiger partial charge in [-0.15, -0.1) is 0 Å². The van der Waals surface area contributed by atoms with Gasteiger partial charge in [-0.3, -0.25) is 4.90 Å². The molecular weight excluding hydrogens is 506 g/mol. The number of amides is 1. The maximum Gasteiger partial charge on any atom is 0.416 e. The van der Waals surface area contributed by atoms with Crippen LogP contribution in [-0.4, -0.2) is 41.8 Å². The Morgan fingerprint density at radius 1 is 1.03 bits per heavy atom. The van der Waals surface area contributed by atoms with Gasteiger partial charge in [0.05, 0.1) is 30.3 Å². The molecule has 2 fully saturated rings. The van der Waals surface area contributed by atoms with Gasteiger partial charge in [0.1, 0.15) is 18.2 Å². The van der Waals surface area contributed by atoms with Crippen molar-refractivity contribution in [3.05, 3.63) is 76.6 Å². The van der Waals surface area contributed by atoms with Gasteiger partial charge in [0.2, 0.25) is 0 Å². The quantitative estimate of drug-likeness (QED) is 0.366. The molecule has 2 heterocycles. The van der Waals surface area contributed by atoms with Crippen LogP contribution in [-0.2, 0) is 10.9 Å². The van der Waals surface area contributed by atoms with Crippen molar-refractivity contribution in [2.45, 2.75) is 38.0 Å². The third-order valence-electron chi connectivity index (χ3n) is 7.19. The van der Waals surface area contributed by atoms with E-state index in [2.05, 4.69) is 0 Å². The zero-order chi connectivity index (χ0) is 27.4. The van der Waals surface area contributed by atoms with Crippen molar-refractivity contribution in [2.75, 3.05) is 13.7 Å². The average molecular weight is 529 g/mol. The van der Waals surface area contributed by atoms with Crippen molar-refractivity contribution in [3.63, 3.8) is 0 Å². The number of ether oxygens (including phenoxy) is 2. The number of halogens is 4. The lowest BCUT2D eigenvalue weighted by Gasteiger charge is -2.26. The molecule has 0 aliphatic carbocycles. The fourth-order valence-electron chi connectivity index (χ4n) is 5.37. The number of aromatic carboxylic acids is 1. The average Bonchev–Trinajstić information content (AvgIpc) is 3.46. The van der Waals surface area contributed by atoms with Crippen LogP contribution in [0.2, 0.25) is 0 Å². The van der Waals surface area contributed by atoms with E-state index in [1.54, 1.807) is 6.92 Å². The number of nitrogens with zero attached hydrogens (tertiary/aromatic N) is 1. The topological polar surface area (TPSA) is 76.1 Å². The van der Waals surface area contributed by atoms with Crippen LogP contribution in [0, 0.1) is 12.7 Å². The van der Waals surface area contributed by atoms with E-state index in [0.29, 0.717) is 35.1 Å². The van der Waals surface area contributed by atoms with Gasteiger partial charge < -0.3 is 14.6 Å². The van der Waals surface area contributed by atoms with Crippen molar-refractivity contribution in [1.82, 2.24) is 4.90 Å². The number of methoxy groups -OCH3 is 1. The SMILES string of the molecule is COc1cc(F)c(-c2ccc(C(=O)O)cc2C)cc1-c1ccc(C(F)(F)F)cc1[C@@H]1CC[C@H]2COC(=O)N21. The Balaban J connectivity index is 1.71. The summed E-state index contributed by atoms with van der Waals surface area (Å²) in [6.07, 6.45) is -4.17. The number of cyclic esters (lactones) is 1. The summed E-state index contributed by atoms with van der Waals surface area (Å²) < 4.78 is 67.1. The zero-order valence-electron chi connectivity index (χ0n) is 20.4. The molecule has 5 rings (SSSR count). The van der Waals surface area contributed by atoms with Crippen LogP contribution in [0.5, 0.6) is 5.75 Å². The van der Waals surface area contributed by atoms with E-state index < -0.39 is 35.7 Å². The minimum absolute atomic E-state index is 0.0405. The second kappa shape index (κ2) is 9.34. The summed E-state index contributed by atoms with van der Waals surface area (Å²) >= 11 is 0. The zero-order valence-corrected chi connectivity index (χ0v) is 20.4. The molecule has 2 aliphatic rings. The molecule has 38 heavy (non-hydrogen) atoms. The van der Waals surface area contributed by atoms with Crippen molar-refractivity contribution in [3.8, 4) is 28.0 Å². The first-order chi connectivity index (χ1) is 18.0. The van der Waals surface area contributed by atoms with Gasteiger partial charge in [-0.25, -0.2) is 14.0 Å². The first-order valence-electron chi connectivity index (χ1n) is 11.9. The molecule has 0 bridgehead atoms. The van der Waals surface area contributed by atoms with E-state index in [-0.39, 0.29) is 35.1 Å². The minimum Gasteiger partial charge on any atom is -0.496 e. The van der Waals surface area contributed by atoms with E-state index >= 15 is 4.39 Å². The van der Waals surface area contributed by atoms with Crippen molar-refractivity contribution < 1.29 is 41.7 Å². The van der Waals surface area contributed by atoms with E-state index in [4.69, 9.17) is 9.47 Å². The first-order valence-corrected chi connectivity index (χ1v) is 11.9. The fraction of sp³-hybridized carbons (Fsp3) is 0.286. The first kappa shape index (κ1) is 25.6. The summed E-state index contributed by atoms with van der Waals surface area (Å²) in [6, 6.07) is 9.30. The summed E-state index contributed by atoms with van der Waals surface area (Å²) in [5, 5.41) is 9.28. The summed E-state index contributed by atoms with van der Waals surface area (Å²) in [6.45, 7) is 1.82. The van der Waals surface area contributed by atoms with Crippen molar-refractivity contribution >= 4 is 12.1 Å². The van der Waals surface area contributed by atoms with Gasteiger partial charge in [0.15, 0.2) is 0 Å². The molecular formula is C28H23F4NO5. The number of carboxylic acids is 1. The highest BCUT2D eigenvalue weighted by atomic mass is 19.4. The Hall–Kier alpha value is -4.08. The number of fused-ring (bicyclic) bond motifs is 1. The molecule has 3 aromatic carbocycles. The highest BCUT2D eigenvalue weighted by Gasteiger charge is 2.45. The Morgan fingerprint density at radius 2 is 1.76 bits per heavy atom. The standard InChI is InChI=1S/C28H23F4NO5/c1-14-9-15(26(34)35)3-6-18(14)20-11-22(25(37-2)12-23(20)29)19-7-4-16(28(30,31)32)10-21(19)24-8-5-17-13-38-27(36)33(17)24/h3-4,6-7,9-12,17,24H,5,8,13H2,1-2H3,(H,34,35)/t17-,24-/m0/s1. The molecule has 3 aromatic rings. The third-order valence-corrected chi connectivity index (χ3v) is 7.19. The molecule has 0 radical (unpaired) electrons. The molecule has 2 aliphatic heterocycles. The lowest BCUT2D eigenvalue weighted by atomic mass is 9.88. The lowest BCUT2D eigenvalue weighted by Crippen LogP contribution is -2.30. The molecule has 1 N–H and O–H groups in total. The predicted octanol–water partition coefficient (Wildman–Crippen LogP) is 6.85. The molecule has 0 aromatic heterocycles. The number of hydrogen-bond donors (Lipinski definition) is 1. The molecule has 2 saturated heterocycles. The number of rotatable bonds is 5. The lowest BCUT2D eigenvalue weighted by molar-refractivity contribution is -0.137. The summed E-state index contributed by atoms with van der Waals surface area (Å²) in [5.74, 6) is -1.67. The number of alkyl halides is 3. The molecule has 6 nitrogen and oxygen atoms in total. The molecule has 0 saturated carbocycles. The van der Waals surface area contributed by atoms with Crippen LogP contribution in [0.3, 0.4) is 0 Å². The van der Waals surface area contributed by atoms with E-state index in [1.165, 1.54) is 42.3 Å². The Labute approximate surface area is 215 Å². The van der Waals surface area contributed by atoms with Gasteiger partial charge in [-0.05, 0) is 72.4 Å². The van der Waals surface area contributed by atoms with Crippen molar-refractivity contribution in [1.29, 1.82) is 0 Å². The molecule has 0 unspecified atom stereocenters. The summed E-state index contributed by atoms with van der Waals surface area (Å²) in [7, 11) is 1.33. The highest BCUT2D eigenvalue weighted by Crippen LogP contribution is 2.47. The maximum atomic E-state index is 15.3. The van der Waals surface area contributed by atoms with Crippen molar-refractivity contribution in [2.24, 2.45) is 0 Å². The number of hydrogen-bond acceptors (Lipinski definition) is 4. The van der Waals surface area contributed by atoms with Gasteiger partial charge in [0, 0.05) is 17.2 Å². The Kier molecular flexibility index (Phi) is 6.28. The molecule has 198 valence electrons. The minimum atomic E-state index is -4.61. The van der Waals surface area contributed by atoms with Gasteiger partial charge in [-0.2, -0.15) is 13.2 Å². The summed E-state index contributed by atoms with van der Waals surface area (Å²) in [4.78, 5) is 25.3. The Morgan fingerprint density at radius 3 is 2.42 bits per heavy atom. The number of aryl methyl sites for hydroxylation is 1. The number of carbonyl (C=O) groups excluding carboxylic acids is 1. The predicted molar refractivity (Wildman–Crippen MR) is 129 cm³/mol. The maximum absolute atomic E-state index is 15.3. The van der Waals surface area contributed by atoms with Crippen LogP contribution in [0.4, 0.5) is 22.4 Å². The van der Waals surface area contributed by atoms with Gasteiger partial charge in [-0.1, -0.05) is 12.1 Å². The molecule has 0 spiro atoms. The number of carboxylic acid groups (broad SMARTS) is 1. The van der Waals surface area contributed by atoms with E-state index in [9.17, 15) is 27.9 Å². The van der Waals surface area contributed by atoms with Crippen LogP contribution in [0.15, 0.2) is 48.5 Å². The largest absolute Gasteiger partial charge is 0.496 e. The van der Waals surface area contributed by atoms with E-state index in [0.717, 1.165) is 18.2 Å². The number of carbonyl (C=O) groups is 2. The molecule has 2 atom stereocenters. The second-order valence-electron chi connectivity index (χ2n) is 9.40.